The molecule has 8 heteroatoms. The molecule has 0 bridgehead atoms. The maximum atomic E-state index is 12.9. The predicted molar refractivity (Wildman–Crippen MR) is 115 cm³/mol. The highest BCUT2D eigenvalue weighted by molar-refractivity contribution is 7.88. The number of hydrogen-bond donors (Lipinski definition) is 1. The van der Waals surface area contributed by atoms with Gasteiger partial charge in [-0.1, -0.05) is 35.9 Å². The van der Waals surface area contributed by atoms with Crippen molar-refractivity contribution in [1.29, 1.82) is 0 Å². The Kier molecular flexibility index (Phi) is 6.82. The number of carbonyl (C=O) groups is 1. The van der Waals surface area contributed by atoms with E-state index in [1.54, 1.807) is 18.2 Å². The van der Waals surface area contributed by atoms with Crippen LogP contribution in [0.2, 0.25) is 5.02 Å². The smallest absolute Gasteiger partial charge is 0.228 e. The number of anilines is 1. The molecule has 0 spiro atoms. The van der Waals surface area contributed by atoms with Crippen molar-refractivity contribution in [2.75, 3.05) is 25.5 Å². The van der Waals surface area contributed by atoms with Crippen molar-refractivity contribution < 1.29 is 17.9 Å². The largest absolute Gasteiger partial charge is 0.495 e. The number of halogens is 1. The zero-order chi connectivity index (χ0) is 21.0. The van der Waals surface area contributed by atoms with Crippen molar-refractivity contribution in [2.45, 2.75) is 25.5 Å². The van der Waals surface area contributed by atoms with Crippen LogP contribution in [0.3, 0.4) is 0 Å². The van der Waals surface area contributed by atoms with E-state index in [0.29, 0.717) is 35.8 Å². The molecule has 0 saturated carbocycles. The van der Waals surface area contributed by atoms with Gasteiger partial charge in [-0.15, -0.1) is 0 Å². The van der Waals surface area contributed by atoms with Gasteiger partial charge in [0.2, 0.25) is 15.9 Å². The first-order chi connectivity index (χ1) is 13.8. The number of rotatable bonds is 6. The van der Waals surface area contributed by atoms with Gasteiger partial charge in [0.05, 0.1) is 23.8 Å². The Labute approximate surface area is 176 Å². The Morgan fingerprint density at radius 2 is 2.03 bits per heavy atom. The summed E-state index contributed by atoms with van der Waals surface area (Å²) in [6.45, 7) is 2.52. The molecule has 1 heterocycles. The minimum atomic E-state index is -3.50. The van der Waals surface area contributed by atoms with Crippen LogP contribution in [0.15, 0.2) is 42.5 Å². The van der Waals surface area contributed by atoms with Gasteiger partial charge in [0.1, 0.15) is 5.75 Å². The molecular formula is C21H25ClN2O4S. The highest BCUT2D eigenvalue weighted by Gasteiger charge is 2.32. The number of ether oxygens (including phenoxy) is 1. The van der Waals surface area contributed by atoms with E-state index < -0.39 is 15.9 Å². The van der Waals surface area contributed by atoms with Gasteiger partial charge in [0.15, 0.2) is 0 Å². The number of aryl methyl sites for hydroxylation is 1. The monoisotopic (exact) mass is 436 g/mol. The van der Waals surface area contributed by atoms with E-state index in [0.717, 1.165) is 11.1 Å². The molecule has 1 atom stereocenters. The molecule has 1 amide bonds. The summed E-state index contributed by atoms with van der Waals surface area (Å²) in [5.74, 6) is -0.142. The van der Waals surface area contributed by atoms with Crippen LogP contribution in [0, 0.1) is 12.8 Å². The normalized spacial score (nSPS) is 17.7. The lowest BCUT2D eigenvalue weighted by Gasteiger charge is -2.31. The summed E-state index contributed by atoms with van der Waals surface area (Å²) >= 11 is 6.11. The molecule has 0 radical (unpaired) electrons. The number of piperidine rings is 1. The third-order valence-electron chi connectivity index (χ3n) is 5.17. The minimum absolute atomic E-state index is 0.0535. The van der Waals surface area contributed by atoms with Crippen LogP contribution in [0.1, 0.15) is 24.0 Å². The first kappa shape index (κ1) is 21.6. The summed E-state index contributed by atoms with van der Waals surface area (Å²) in [5, 5.41) is 3.23. The number of benzene rings is 2. The van der Waals surface area contributed by atoms with E-state index in [9.17, 15) is 13.2 Å². The average Bonchev–Trinajstić information content (AvgIpc) is 2.70. The molecule has 1 N–H and O–H groups in total. The summed E-state index contributed by atoms with van der Waals surface area (Å²) in [4.78, 5) is 12.7. The molecule has 6 nitrogen and oxygen atoms in total. The van der Waals surface area contributed by atoms with Gasteiger partial charge in [-0.05, 0) is 49.1 Å². The first-order valence-corrected chi connectivity index (χ1v) is 11.5. The highest BCUT2D eigenvalue weighted by Crippen LogP contribution is 2.28. The minimum Gasteiger partial charge on any atom is -0.495 e. The second-order valence-corrected chi connectivity index (χ2v) is 9.59. The van der Waals surface area contributed by atoms with Crippen LogP contribution < -0.4 is 10.1 Å². The van der Waals surface area contributed by atoms with Gasteiger partial charge in [0, 0.05) is 18.8 Å². The maximum Gasteiger partial charge on any atom is 0.228 e. The number of carbonyl (C=O) groups excluding carboxylic acids is 1. The van der Waals surface area contributed by atoms with E-state index in [1.807, 2.05) is 31.2 Å². The fourth-order valence-electron chi connectivity index (χ4n) is 3.46. The Morgan fingerprint density at radius 3 is 2.72 bits per heavy atom. The molecule has 0 unspecified atom stereocenters. The van der Waals surface area contributed by atoms with Gasteiger partial charge in [0.25, 0.3) is 0 Å². The molecule has 0 aromatic heterocycles. The second-order valence-electron chi connectivity index (χ2n) is 7.22. The van der Waals surface area contributed by atoms with Crippen molar-refractivity contribution >= 4 is 33.2 Å². The predicted octanol–water partition coefficient (Wildman–Crippen LogP) is 3.84. The van der Waals surface area contributed by atoms with E-state index in [2.05, 4.69) is 5.32 Å². The topological polar surface area (TPSA) is 75.7 Å². The molecule has 156 valence electrons. The zero-order valence-electron chi connectivity index (χ0n) is 16.5. The van der Waals surface area contributed by atoms with Gasteiger partial charge in [-0.2, -0.15) is 0 Å². The SMILES string of the molecule is COc1ccc(NC(=O)[C@@H]2CCCN(S(=O)(=O)Cc3ccccc3C)C2)cc1Cl. The molecule has 1 aliphatic rings. The fourth-order valence-corrected chi connectivity index (χ4v) is 5.43. The van der Waals surface area contributed by atoms with Crippen molar-refractivity contribution in [2.24, 2.45) is 5.92 Å². The Bertz CT molecular complexity index is 994. The highest BCUT2D eigenvalue weighted by atomic mass is 35.5. The van der Waals surface area contributed by atoms with Crippen molar-refractivity contribution in [3.05, 3.63) is 58.6 Å². The van der Waals surface area contributed by atoms with E-state index in [4.69, 9.17) is 16.3 Å². The summed E-state index contributed by atoms with van der Waals surface area (Å²) in [5.41, 5.74) is 2.28. The number of hydrogen-bond acceptors (Lipinski definition) is 4. The summed E-state index contributed by atoms with van der Waals surface area (Å²) in [7, 11) is -1.98. The van der Waals surface area contributed by atoms with Crippen LogP contribution in [-0.4, -0.2) is 38.8 Å². The lowest BCUT2D eigenvalue weighted by atomic mass is 9.98. The Balaban J connectivity index is 1.67. The summed E-state index contributed by atoms with van der Waals surface area (Å²) in [6.07, 6.45) is 1.29. The number of methoxy groups -OCH3 is 1. The second kappa shape index (κ2) is 9.15. The van der Waals surface area contributed by atoms with Gasteiger partial charge < -0.3 is 10.1 Å². The van der Waals surface area contributed by atoms with Gasteiger partial charge >= 0.3 is 0 Å². The lowest BCUT2D eigenvalue weighted by molar-refractivity contribution is -0.120. The number of nitrogens with zero attached hydrogens (tertiary/aromatic N) is 1. The number of amides is 1. The first-order valence-electron chi connectivity index (χ1n) is 9.47. The molecule has 2 aromatic carbocycles. The molecule has 1 aliphatic heterocycles. The molecule has 1 fully saturated rings. The van der Waals surface area contributed by atoms with Crippen LogP contribution in [-0.2, 0) is 20.6 Å². The van der Waals surface area contributed by atoms with Gasteiger partial charge in [-0.25, -0.2) is 12.7 Å². The van der Waals surface area contributed by atoms with Crippen molar-refractivity contribution in [3.8, 4) is 5.75 Å². The standard InChI is InChI=1S/C21H25ClN2O4S/c1-15-6-3-4-7-17(15)14-29(26,27)24-11-5-8-16(13-24)21(25)23-18-9-10-20(28-2)19(22)12-18/h3-4,6-7,9-10,12,16H,5,8,11,13-14H2,1-2H3,(H,23,25)/t16-/m1/s1. The van der Waals surface area contributed by atoms with E-state index >= 15 is 0 Å². The molecule has 0 aliphatic carbocycles. The molecule has 2 aromatic rings. The van der Waals surface area contributed by atoms with Crippen molar-refractivity contribution in [1.82, 2.24) is 4.31 Å². The molecule has 29 heavy (non-hydrogen) atoms. The van der Waals surface area contributed by atoms with Crippen LogP contribution in [0.4, 0.5) is 5.69 Å². The lowest BCUT2D eigenvalue weighted by Crippen LogP contribution is -2.44. The number of sulfonamides is 1. The molecular weight excluding hydrogens is 412 g/mol. The maximum absolute atomic E-state index is 12.9. The van der Waals surface area contributed by atoms with Crippen molar-refractivity contribution in [3.63, 3.8) is 0 Å². The van der Waals surface area contributed by atoms with E-state index in [-0.39, 0.29) is 18.2 Å². The summed E-state index contributed by atoms with van der Waals surface area (Å²) in [6, 6.07) is 12.5. The summed E-state index contributed by atoms with van der Waals surface area (Å²) < 4.78 is 32.4. The van der Waals surface area contributed by atoms with Crippen LogP contribution in [0.5, 0.6) is 5.75 Å². The quantitative estimate of drug-likeness (QED) is 0.746. The average molecular weight is 437 g/mol. The van der Waals surface area contributed by atoms with Crippen LogP contribution >= 0.6 is 11.6 Å². The van der Waals surface area contributed by atoms with E-state index in [1.165, 1.54) is 11.4 Å². The Hall–Kier alpha value is -2.09. The van der Waals surface area contributed by atoms with Crippen LogP contribution in [0.25, 0.3) is 0 Å². The third kappa shape index (κ3) is 5.29. The molecule has 3 rings (SSSR count). The zero-order valence-corrected chi connectivity index (χ0v) is 18.1. The fraction of sp³-hybridized carbons (Fsp3) is 0.381. The molecule has 1 saturated heterocycles. The number of nitrogens with one attached hydrogen (secondary N) is 1. The van der Waals surface area contributed by atoms with Gasteiger partial charge in [-0.3, -0.25) is 4.79 Å². The Morgan fingerprint density at radius 1 is 1.28 bits per heavy atom. The third-order valence-corrected chi connectivity index (χ3v) is 7.26.